The lowest BCUT2D eigenvalue weighted by atomic mass is 10.0. The summed E-state index contributed by atoms with van der Waals surface area (Å²) in [5, 5.41) is 0. The zero-order chi connectivity index (χ0) is 33.1. The normalized spacial score (nSPS) is 13.7. The van der Waals surface area contributed by atoms with Crippen LogP contribution in [0.25, 0.3) is 33.8 Å². The highest BCUT2D eigenvalue weighted by Crippen LogP contribution is 2.45. The van der Waals surface area contributed by atoms with Gasteiger partial charge >= 0.3 is 6.18 Å². The van der Waals surface area contributed by atoms with Crippen LogP contribution < -0.4 is 4.74 Å². The lowest BCUT2D eigenvalue weighted by Crippen LogP contribution is -2.12. The van der Waals surface area contributed by atoms with Crippen molar-refractivity contribution in [1.82, 2.24) is 33.5 Å². The molecule has 0 aliphatic heterocycles. The first-order chi connectivity index (χ1) is 22.4. The minimum absolute atomic E-state index is 0.113. The fraction of sp³-hybridized carbons (Fsp3) is 0.242. The quantitative estimate of drug-likeness (QED) is 0.186. The molecule has 0 radical (unpaired) electrons. The second kappa shape index (κ2) is 11.3. The van der Waals surface area contributed by atoms with Crippen LogP contribution in [0.1, 0.15) is 46.8 Å². The molecule has 0 spiro atoms. The molecule has 14 heteroatoms. The average Bonchev–Trinajstić information content (AvgIpc) is 3.73. The van der Waals surface area contributed by atoms with Crippen LogP contribution in [0.5, 0.6) is 5.88 Å². The Bertz CT molecular complexity index is 2240. The van der Waals surface area contributed by atoms with Gasteiger partial charge in [0.1, 0.15) is 23.2 Å². The van der Waals surface area contributed by atoms with E-state index in [2.05, 4.69) is 19.9 Å². The van der Waals surface area contributed by atoms with Gasteiger partial charge in [-0.15, -0.1) is 0 Å². The number of methoxy groups -OCH3 is 1. The minimum Gasteiger partial charge on any atom is -0.480 e. The Balaban J connectivity index is 1.33. The van der Waals surface area contributed by atoms with Crippen LogP contribution >= 0.6 is 0 Å². The van der Waals surface area contributed by atoms with Crippen molar-refractivity contribution < 1.29 is 26.3 Å². The Morgan fingerprint density at radius 1 is 0.957 bits per heavy atom. The standard InChI is InChI=1S/C33H28F3N7O3S/c1-19-4-12-24(13-5-19)47(44,45)43-16-23(14-20-6-8-22(9-7-20)31-40-26(17-42(31)2)33(34,35)36)28-25(43)15-37-30(41-28)27-29(21-10-11-21)38-18-39-32(27)46-3/h4-9,12-13,15-18,21H,10-11,14H2,1-3H3. The summed E-state index contributed by atoms with van der Waals surface area (Å²) in [7, 11) is -1.01. The Kier molecular flexibility index (Phi) is 7.34. The summed E-state index contributed by atoms with van der Waals surface area (Å²) in [4.78, 5) is 22.1. The van der Waals surface area contributed by atoms with Crippen LogP contribution in [0, 0.1) is 6.92 Å². The summed E-state index contributed by atoms with van der Waals surface area (Å²) in [5.41, 5.74) is 3.90. The van der Waals surface area contributed by atoms with Gasteiger partial charge in [-0.1, -0.05) is 42.0 Å². The summed E-state index contributed by atoms with van der Waals surface area (Å²) in [6.07, 6.45) is 3.08. The maximum atomic E-state index is 13.9. The molecule has 4 aromatic heterocycles. The summed E-state index contributed by atoms with van der Waals surface area (Å²) in [5.74, 6) is 1.05. The van der Waals surface area contributed by atoms with Crippen molar-refractivity contribution in [2.24, 2.45) is 7.05 Å². The number of imidazole rings is 1. The molecule has 1 aliphatic rings. The number of hydrogen-bond donors (Lipinski definition) is 0. The molecule has 4 heterocycles. The van der Waals surface area contributed by atoms with Crippen molar-refractivity contribution in [3.05, 3.63) is 102 Å². The highest BCUT2D eigenvalue weighted by atomic mass is 32.2. The van der Waals surface area contributed by atoms with Crippen LogP contribution in [-0.2, 0) is 29.7 Å². The van der Waals surface area contributed by atoms with Gasteiger partial charge in [0, 0.05) is 42.9 Å². The van der Waals surface area contributed by atoms with E-state index in [1.54, 1.807) is 54.7 Å². The number of halogens is 3. The molecule has 240 valence electrons. The minimum atomic E-state index is -4.56. The predicted octanol–water partition coefficient (Wildman–Crippen LogP) is 6.33. The van der Waals surface area contributed by atoms with Gasteiger partial charge in [0.05, 0.1) is 29.4 Å². The van der Waals surface area contributed by atoms with Gasteiger partial charge in [0.25, 0.3) is 10.0 Å². The highest BCUT2D eigenvalue weighted by Gasteiger charge is 2.35. The van der Waals surface area contributed by atoms with Crippen molar-refractivity contribution >= 4 is 21.1 Å². The number of ether oxygens (including phenoxy) is 1. The molecule has 1 aliphatic carbocycles. The molecule has 47 heavy (non-hydrogen) atoms. The molecule has 0 amide bonds. The third-order valence-electron chi connectivity index (χ3n) is 8.16. The molecular formula is C33H28F3N7O3S. The topological polar surface area (TPSA) is 118 Å². The van der Waals surface area contributed by atoms with Crippen molar-refractivity contribution in [3.63, 3.8) is 0 Å². The van der Waals surface area contributed by atoms with Gasteiger partial charge < -0.3 is 9.30 Å². The molecule has 0 bridgehead atoms. The summed E-state index contributed by atoms with van der Waals surface area (Å²) in [6, 6.07) is 13.5. The first-order valence-corrected chi connectivity index (χ1v) is 16.2. The number of rotatable bonds is 8. The van der Waals surface area contributed by atoms with E-state index in [1.165, 1.54) is 35.2 Å². The molecule has 0 N–H and O–H groups in total. The molecule has 1 fully saturated rings. The highest BCUT2D eigenvalue weighted by molar-refractivity contribution is 7.90. The zero-order valence-corrected chi connectivity index (χ0v) is 26.3. The van der Waals surface area contributed by atoms with E-state index in [9.17, 15) is 21.6 Å². The fourth-order valence-corrected chi connectivity index (χ4v) is 6.96. The van der Waals surface area contributed by atoms with Crippen molar-refractivity contribution in [3.8, 4) is 28.7 Å². The van der Waals surface area contributed by atoms with Crippen LogP contribution in [-0.4, -0.2) is 49.0 Å². The van der Waals surface area contributed by atoms with Gasteiger partial charge in [-0.2, -0.15) is 13.2 Å². The van der Waals surface area contributed by atoms with E-state index < -0.39 is 21.9 Å². The molecule has 7 rings (SSSR count). The van der Waals surface area contributed by atoms with Gasteiger partial charge in [-0.25, -0.2) is 37.3 Å². The van der Waals surface area contributed by atoms with Gasteiger partial charge in [-0.05, 0) is 37.5 Å². The van der Waals surface area contributed by atoms with E-state index >= 15 is 0 Å². The third kappa shape index (κ3) is 5.62. The van der Waals surface area contributed by atoms with E-state index in [4.69, 9.17) is 9.72 Å². The maximum absolute atomic E-state index is 13.9. The largest absolute Gasteiger partial charge is 0.480 e. The van der Waals surface area contributed by atoms with Crippen LogP contribution in [0.3, 0.4) is 0 Å². The van der Waals surface area contributed by atoms with E-state index in [0.717, 1.165) is 35.9 Å². The molecular weight excluding hydrogens is 631 g/mol. The van der Waals surface area contributed by atoms with Crippen LogP contribution in [0.2, 0.25) is 0 Å². The van der Waals surface area contributed by atoms with Gasteiger partial charge in [0.2, 0.25) is 5.88 Å². The summed E-state index contributed by atoms with van der Waals surface area (Å²) >= 11 is 0. The first-order valence-electron chi connectivity index (χ1n) is 14.7. The van der Waals surface area contributed by atoms with E-state index in [1.807, 2.05) is 6.92 Å². The molecule has 1 saturated carbocycles. The zero-order valence-electron chi connectivity index (χ0n) is 25.5. The number of fused-ring (bicyclic) bond motifs is 1. The van der Waals surface area contributed by atoms with Gasteiger partial charge in [0.15, 0.2) is 11.5 Å². The van der Waals surface area contributed by atoms with Crippen LogP contribution in [0.4, 0.5) is 13.2 Å². The first kappa shape index (κ1) is 30.5. The number of alkyl halides is 3. The molecule has 0 unspecified atom stereocenters. The Morgan fingerprint density at radius 2 is 1.68 bits per heavy atom. The number of aromatic nitrogens is 7. The smallest absolute Gasteiger partial charge is 0.434 e. The maximum Gasteiger partial charge on any atom is 0.434 e. The van der Waals surface area contributed by atoms with Crippen LogP contribution in [0.15, 0.2) is 78.3 Å². The molecule has 6 aromatic rings. The SMILES string of the molecule is COc1ncnc(C2CC2)c1-c1ncc2c(n1)c(Cc1ccc(-c3nc(C(F)(F)F)cn3C)cc1)cn2S(=O)(=O)c1ccc(C)cc1. The summed E-state index contributed by atoms with van der Waals surface area (Å²) in [6.45, 7) is 1.88. The number of hydrogen-bond acceptors (Lipinski definition) is 8. The molecule has 0 atom stereocenters. The Labute approximate surface area is 268 Å². The lowest BCUT2D eigenvalue weighted by Gasteiger charge is -2.11. The monoisotopic (exact) mass is 659 g/mol. The molecule has 10 nitrogen and oxygen atoms in total. The predicted molar refractivity (Wildman–Crippen MR) is 167 cm³/mol. The molecule has 0 saturated heterocycles. The van der Waals surface area contributed by atoms with E-state index in [0.29, 0.717) is 33.9 Å². The number of benzene rings is 2. The summed E-state index contributed by atoms with van der Waals surface area (Å²) < 4.78 is 75.6. The lowest BCUT2D eigenvalue weighted by molar-refractivity contribution is -0.140. The van der Waals surface area contributed by atoms with E-state index in [-0.39, 0.29) is 28.6 Å². The Hall–Kier alpha value is -5.11. The second-order valence-electron chi connectivity index (χ2n) is 11.5. The number of nitrogens with zero attached hydrogens (tertiary/aromatic N) is 7. The molecule has 2 aromatic carbocycles. The third-order valence-corrected chi connectivity index (χ3v) is 9.85. The van der Waals surface area contributed by atoms with Crippen molar-refractivity contribution in [2.75, 3.05) is 7.11 Å². The van der Waals surface area contributed by atoms with Crippen molar-refractivity contribution in [1.29, 1.82) is 0 Å². The van der Waals surface area contributed by atoms with Gasteiger partial charge in [-0.3, -0.25) is 0 Å². The fourth-order valence-electron chi connectivity index (χ4n) is 5.59. The average molecular weight is 660 g/mol. The van der Waals surface area contributed by atoms with Crippen molar-refractivity contribution in [2.45, 2.75) is 43.2 Å². The second-order valence-corrected chi connectivity index (χ2v) is 13.4. The number of aryl methyl sites for hydroxylation is 2. The Morgan fingerprint density at radius 3 is 2.32 bits per heavy atom.